The Morgan fingerprint density at radius 2 is 1.59 bits per heavy atom. The summed E-state index contributed by atoms with van der Waals surface area (Å²) in [5.74, 6) is 0.759. The van der Waals surface area contributed by atoms with Crippen LogP contribution in [0.5, 0.6) is 0 Å². The summed E-state index contributed by atoms with van der Waals surface area (Å²) in [5, 5.41) is 0. The van der Waals surface area contributed by atoms with Gasteiger partial charge in [0.1, 0.15) is 7.05 Å². The summed E-state index contributed by atoms with van der Waals surface area (Å²) in [6.45, 7) is 16.5. The van der Waals surface area contributed by atoms with E-state index < -0.39 is 8.07 Å². The molecule has 0 spiro atoms. The van der Waals surface area contributed by atoms with Crippen LogP contribution < -0.4 is 4.57 Å². The van der Waals surface area contributed by atoms with Crippen molar-refractivity contribution in [2.24, 2.45) is 7.05 Å². The predicted molar refractivity (Wildman–Crippen MR) is 120 cm³/mol. The first-order chi connectivity index (χ1) is 12.5. The molecule has 1 aliphatic rings. The van der Waals surface area contributed by atoms with Crippen molar-refractivity contribution in [3.8, 4) is 11.3 Å². The molecule has 2 aromatic rings. The lowest BCUT2D eigenvalue weighted by atomic mass is 9.84. The smallest absolute Gasteiger partial charge is 0.201 e. The van der Waals surface area contributed by atoms with Crippen molar-refractivity contribution in [2.75, 3.05) is 0 Å². The molecular formula is C25H38NSi+. The highest BCUT2D eigenvalue weighted by molar-refractivity contribution is 6.77. The molecule has 1 aliphatic heterocycles. The van der Waals surface area contributed by atoms with Gasteiger partial charge in [-0.1, -0.05) is 58.1 Å². The van der Waals surface area contributed by atoms with Gasteiger partial charge in [0.2, 0.25) is 5.69 Å². The van der Waals surface area contributed by atoms with Gasteiger partial charge in [0.15, 0.2) is 6.20 Å². The standard InChI is InChI=1S/C25H38NSi/c1-18-15-21(25(3,4)5)9-10-22(18)24-16-19(2)23(17-26(24)6)20-11-13-27(7,8)14-12-20/h9-10,15-17,20H,11-14H2,1-8H3/q+1. The Morgan fingerprint density at radius 1 is 0.963 bits per heavy atom. The van der Waals surface area contributed by atoms with Crippen molar-refractivity contribution in [1.82, 2.24) is 0 Å². The minimum atomic E-state index is -0.895. The van der Waals surface area contributed by atoms with E-state index in [9.17, 15) is 0 Å². The monoisotopic (exact) mass is 380 g/mol. The Bertz CT molecular complexity index is 832. The van der Waals surface area contributed by atoms with E-state index in [0.29, 0.717) is 0 Å². The van der Waals surface area contributed by atoms with E-state index in [-0.39, 0.29) is 5.41 Å². The minimum absolute atomic E-state index is 0.198. The molecule has 2 heteroatoms. The number of aromatic nitrogens is 1. The van der Waals surface area contributed by atoms with Gasteiger partial charge in [-0.2, -0.15) is 0 Å². The number of nitrogens with zero attached hydrogens (tertiary/aromatic N) is 1. The molecule has 27 heavy (non-hydrogen) atoms. The molecule has 0 bridgehead atoms. The van der Waals surface area contributed by atoms with Crippen LogP contribution in [0.2, 0.25) is 25.2 Å². The summed E-state index contributed by atoms with van der Waals surface area (Å²) in [5.41, 5.74) is 8.72. The molecule has 1 fully saturated rings. The molecule has 2 heterocycles. The van der Waals surface area contributed by atoms with E-state index in [1.807, 2.05) is 0 Å². The third-order valence-corrected chi connectivity index (χ3v) is 9.95. The number of rotatable bonds is 2. The fraction of sp³-hybridized carbons (Fsp3) is 0.560. The molecule has 3 rings (SSSR count). The third-order valence-electron chi connectivity index (χ3n) is 6.67. The van der Waals surface area contributed by atoms with Crippen LogP contribution >= 0.6 is 0 Å². The Hall–Kier alpha value is -1.41. The van der Waals surface area contributed by atoms with Crippen molar-refractivity contribution in [3.63, 3.8) is 0 Å². The van der Waals surface area contributed by atoms with Crippen LogP contribution in [0, 0.1) is 13.8 Å². The van der Waals surface area contributed by atoms with Crippen LogP contribution in [0.4, 0.5) is 0 Å². The quantitative estimate of drug-likeness (QED) is 0.404. The first kappa shape index (κ1) is 20.3. The zero-order valence-corrected chi connectivity index (χ0v) is 19.7. The number of hydrogen-bond donors (Lipinski definition) is 0. The van der Waals surface area contributed by atoms with Crippen LogP contribution in [0.15, 0.2) is 30.5 Å². The summed E-state index contributed by atoms with van der Waals surface area (Å²) in [6.07, 6.45) is 5.20. The zero-order valence-electron chi connectivity index (χ0n) is 18.7. The number of benzene rings is 1. The lowest BCUT2D eigenvalue weighted by Gasteiger charge is -2.33. The molecule has 1 aromatic carbocycles. The first-order valence-corrected chi connectivity index (χ1v) is 14.0. The molecule has 146 valence electrons. The zero-order chi connectivity index (χ0) is 20.0. The van der Waals surface area contributed by atoms with E-state index in [0.717, 1.165) is 5.92 Å². The maximum atomic E-state index is 2.56. The van der Waals surface area contributed by atoms with Crippen LogP contribution in [0.3, 0.4) is 0 Å². The fourth-order valence-electron chi connectivity index (χ4n) is 4.59. The van der Waals surface area contributed by atoms with Crippen LogP contribution in [0.1, 0.15) is 61.8 Å². The fourth-order valence-corrected chi connectivity index (χ4v) is 7.10. The highest BCUT2D eigenvalue weighted by atomic mass is 28.3. The summed E-state index contributed by atoms with van der Waals surface area (Å²) >= 11 is 0. The Morgan fingerprint density at radius 3 is 2.15 bits per heavy atom. The van der Waals surface area contributed by atoms with Crippen molar-refractivity contribution >= 4 is 8.07 Å². The molecule has 0 amide bonds. The summed E-state index contributed by atoms with van der Waals surface area (Å²) in [4.78, 5) is 0. The molecule has 0 aliphatic carbocycles. The topological polar surface area (TPSA) is 3.88 Å². The van der Waals surface area contributed by atoms with Crippen molar-refractivity contribution in [3.05, 3.63) is 52.7 Å². The summed E-state index contributed by atoms with van der Waals surface area (Å²) in [7, 11) is 1.32. The lowest BCUT2D eigenvalue weighted by molar-refractivity contribution is -0.661. The molecule has 1 aromatic heterocycles. The van der Waals surface area contributed by atoms with E-state index >= 15 is 0 Å². The van der Waals surface area contributed by atoms with Crippen LogP contribution in [-0.2, 0) is 12.5 Å². The van der Waals surface area contributed by atoms with Gasteiger partial charge in [0.05, 0.1) is 0 Å². The highest BCUT2D eigenvalue weighted by Gasteiger charge is 2.31. The van der Waals surface area contributed by atoms with Gasteiger partial charge in [-0.05, 0) is 60.8 Å². The van der Waals surface area contributed by atoms with Crippen molar-refractivity contribution < 1.29 is 4.57 Å². The minimum Gasteiger partial charge on any atom is -0.201 e. The first-order valence-electron chi connectivity index (χ1n) is 10.6. The maximum Gasteiger partial charge on any atom is 0.212 e. The second-order valence-electron chi connectivity index (χ2n) is 10.6. The van der Waals surface area contributed by atoms with Gasteiger partial charge in [0.25, 0.3) is 0 Å². The number of pyridine rings is 1. The van der Waals surface area contributed by atoms with Gasteiger partial charge in [-0.3, -0.25) is 0 Å². The van der Waals surface area contributed by atoms with Gasteiger partial charge < -0.3 is 0 Å². The SMILES string of the molecule is Cc1cc(C(C)(C)C)ccc1-c1cc(C)c(C2CC[Si](C)(C)CC2)c[n+]1C. The molecule has 0 atom stereocenters. The average molecular weight is 381 g/mol. The van der Waals surface area contributed by atoms with Gasteiger partial charge in [-0.15, -0.1) is 0 Å². The average Bonchev–Trinajstić information content (AvgIpc) is 2.56. The molecule has 1 saturated heterocycles. The van der Waals surface area contributed by atoms with E-state index in [4.69, 9.17) is 0 Å². The van der Waals surface area contributed by atoms with Gasteiger partial charge in [-0.25, -0.2) is 4.57 Å². The van der Waals surface area contributed by atoms with Crippen LogP contribution in [0.25, 0.3) is 11.3 Å². The molecule has 0 unspecified atom stereocenters. The lowest BCUT2D eigenvalue weighted by Crippen LogP contribution is -2.34. The van der Waals surface area contributed by atoms with Crippen molar-refractivity contribution in [2.45, 2.75) is 84.0 Å². The molecule has 0 N–H and O–H groups in total. The Kier molecular flexibility index (Phi) is 5.42. The molecular weight excluding hydrogens is 342 g/mol. The second kappa shape index (κ2) is 7.20. The highest BCUT2D eigenvalue weighted by Crippen LogP contribution is 2.39. The number of aryl methyl sites for hydroxylation is 3. The second-order valence-corrected chi connectivity index (χ2v) is 16.0. The maximum absolute atomic E-state index is 2.56. The summed E-state index contributed by atoms with van der Waals surface area (Å²) < 4.78 is 2.36. The molecule has 0 radical (unpaired) electrons. The molecule has 0 saturated carbocycles. The Balaban J connectivity index is 1.94. The van der Waals surface area contributed by atoms with Gasteiger partial charge >= 0.3 is 0 Å². The predicted octanol–water partition coefficient (Wildman–Crippen LogP) is 6.68. The van der Waals surface area contributed by atoms with E-state index in [1.165, 1.54) is 52.9 Å². The third kappa shape index (κ3) is 4.37. The molecule has 1 nitrogen and oxygen atoms in total. The van der Waals surface area contributed by atoms with E-state index in [2.05, 4.69) is 89.8 Å². The number of hydrogen-bond acceptors (Lipinski definition) is 0. The largest absolute Gasteiger partial charge is 0.212 e. The van der Waals surface area contributed by atoms with Crippen LogP contribution in [-0.4, -0.2) is 8.07 Å². The Labute approximate surface area is 167 Å². The normalized spacial score (nSPS) is 17.9. The summed E-state index contributed by atoms with van der Waals surface area (Å²) in [6, 6.07) is 12.4. The van der Waals surface area contributed by atoms with E-state index in [1.54, 1.807) is 5.56 Å². The van der Waals surface area contributed by atoms with Crippen molar-refractivity contribution in [1.29, 1.82) is 0 Å². The van der Waals surface area contributed by atoms with Gasteiger partial charge in [0, 0.05) is 25.3 Å².